The van der Waals surface area contributed by atoms with E-state index in [1.54, 1.807) is 25.8 Å². The number of hydrogen-bond donors (Lipinski definition) is 1. The van der Waals surface area contributed by atoms with Crippen molar-refractivity contribution in [3.05, 3.63) is 16.5 Å². The molecular weight excluding hydrogens is 268 g/mol. The van der Waals surface area contributed by atoms with Crippen LogP contribution in [0.4, 0.5) is 5.82 Å². The van der Waals surface area contributed by atoms with E-state index < -0.39 is 6.04 Å². The van der Waals surface area contributed by atoms with Gasteiger partial charge in [0.05, 0.1) is 5.56 Å². The zero-order valence-corrected chi connectivity index (χ0v) is 12.2. The minimum absolute atomic E-state index is 0.0773. The highest BCUT2D eigenvalue weighted by molar-refractivity contribution is 6.32. The van der Waals surface area contributed by atoms with Gasteiger partial charge in [0.15, 0.2) is 6.29 Å². The summed E-state index contributed by atoms with van der Waals surface area (Å²) in [5.74, 6) is 0.617. The molecule has 0 bridgehead atoms. The van der Waals surface area contributed by atoms with Crippen molar-refractivity contribution >= 4 is 29.6 Å². The lowest BCUT2D eigenvalue weighted by atomic mass is 10.2. The smallest absolute Gasteiger partial charge is 0.244 e. The highest BCUT2D eigenvalue weighted by Gasteiger charge is 2.19. The zero-order chi connectivity index (χ0) is 14.6. The van der Waals surface area contributed by atoms with Gasteiger partial charge in [-0.05, 0) is 20.8 Å². The Morgan fingerprint density at radius 2 is 2.16 bits per heavy atom. The number of aryl methyl sites for hydroxylation is 1. The van der Waals surface area contributed by atoms with Gasteiger partial charge >= 0.3 is 0 Å². The summed E-state index contributed by atoms with van der Waals surface area (Å²) >= 11 is 5.87. The van der Waals surface area contributed by atoms with Crippen molar-refractivity contribution in [1.82, 2.24) is 14.9 Å². The second kappa shape index (κ2) is 6.47. The summed E-state index contributed by atoms with van der Waals surface area (Å²) in [4.78, 5) is 32.5. The Morgan fingerprint density at radius 1 is 1.53 bits per heavy atom. The molecule has 0 aliphatic carbocycles. The molecule has 1 atom stereocenters. The molecule has 1 amide bonds. The predicted octanol–water partition coefficient (Wildman–Crippen LogP) is 1.53. The maximum absolute atomic E-state index is 11.9. The van der Waals surface area contributed by atoms with Crippen LogP contribution in [0, 0.1) is 6.92 Å². The van der Waals surface area contributed by atoms with Crippen molar-refractivity contribution in [2.45, 2.75) is 26.8 Å². The van der Waals surface area contributed by atoms with Gasteiger partial charge in [-0.1, -0.05) is 11.6 Å². The molecule has 104 valence electrons. The topological polar surface area (TPSA) is 75.2 Å². The minimum atomic E-state index is -0.506. The number of likely N-dealkylation sites (N-methyl/N-ethyl adjacent to an activating group) is 1. The molecule has 1 heterocycles. The van der Waals surface area contributed by atoms with Crippen LogP contribution < -0.4 is 5.32 Å². The second-order valence-corrected chi connectivity index (χ2v) is 4.52. The molecule has 0 aliphatic rings. The van der Waals surface area contributed by atoms with E-state index in [0.717, 1.165) is 0 Å². The molecule has 1 aromatic rings. The maximum Gasteiger partial charge on any atom is 0.244 e. The molecule has 6 nitrogen and oxygen atoms in total. The van der Waals surface area contributed by atoms with Crippen LogP contribution in [0.3, 0.4) is 0 Å². The molecule has 7 heteroatoms. The van der Waals surface area contributed by atoms with Gasteiger partial charge in [-0.3, -0.25) is 9.59 Å². The largest absolute Gasteiger partial charge is 0.358 e. The van der Waals surface area contributed by atoms with Crippen molar-refractivity contribution in [2.75, 3.05) is 18.9 Å². The lowest BCUT2D eigenvalue weighted by Gasteiger charge is -2.21. The van der Waals surface area contributed by atoms with Gasteiger partial charge in [-0.2, -0.15) is 0 Å². The first-order chi connectivity index (χ1) is 8.90. The van der Waals surface area contributed by atoms with E-state index in [1.165, 1.54) is 0 Å². The third-order valence-electron chi connectivity index (χ3n) is 2.70. The quantitative estimate of drug-likeness (QED) is 0.655. The summed E-state index contributed by atoms with van der Waals surface area (Å²) in [5, 5.41) is 2.98. The van der Waals surface area contributed by atoms with E-state index >= 15 is 0 Å². The molecule has 1 N–H and O–H groups in total. The van der Waals surface area contributed by atoms with Crippen LogP contribution >= 0.6 is 11.6 Å². The number of nitrogens with zero attached hydrogens (tertiary/aromatic N) is 3. The van der Waals surface area contributed by atoms with E-state index in [0.29, 0.717) is 18.7 Å². The SMILES string of the molecule is CCN(C)C(=O)C(C)Nc1nc(C)nc(Cl)c1C=O. The summed E-state index contributed by atoms with van der Waals surface area (Å²) in [6.45, 7) is 5.85. The molecule has 1 unspecified atom stereocenters. The highest BCUT2D eigenvalue weighted by atomic mass is 35.5. The van der Waals surface area contributed by atoms with E-state index in [1.807, 2.05) is 6.92 Å². The average Bonchev–Trinajstić information content (AvgIpc) is 2.36. The molecule has 0 spiro atoms. The van der Waals surface area contributed by atoms with Crippen LogP contribution in [0.1, 0.15) is 30.0 Å². The van der Waals surface area contributed by atoms with Crippen LogP contribution in [0.2, 0.25) is 5.15 Å². The predicted molar refractivity (Wildman–Crippen MR) is 73.6 cm³/mol. The van der Waals surface area contributed by atoms with Crippen molar-refractivity contribution in [3.8, 4) is 0 Å². The number of aromatic nitrogens is 2. The van der Waals surface area contributed by atoms with E-state index in [4.69, 9.17) is 11.6 Å². The summed E-state index contributed by atoms with van der Waals surface area (Å²) in [7, 11) is 1.71. The number of carbonyl (C=O) groups excluding carboxylic acids is 2. The highest BCUT2D eigenvalue weighted by Crippen LogP contribution is 2.19. The molecule has 0 saturated heterocycles. The Bertz CT molecular complexity index is 493. The lowest BCUT2D eigenvalue weighted by Crippen LogP contribution is -2.39. The Balaban J connectivity index is 2.99. The Kier molecular flexibility index (Phi) is 5.23. The van der Waals surface area contributed by atoms with Gasteiger partial charge in [-0.15, -0.1) is 0 Å². The molecule has 1 rings (SSSR count). The Hall–Kier alpha value is -1.69. The first-order valence-electron chi connectivity index (χ1n) is 5.91. The number of rotatable bonds is 5. The van der Waals surface area contributed by atoms with Crippen LogP contribution in [0.15, 0.2) is 0 Å². The van der Waals surface area contributed by atoms with Crippen molar-refractivity contribution in [1.29, 1.82) is 0 Å². The number of amides is 1. The van der Waals surface area contributed by atoms with Gasteiger partial charge in [-0.25, -0.2) is 9.97 Å². The van der Waals surface area contributed by atoms with Crippen LogP contribution in [-0.2, 0) is 4.79 Å². The maximum atomic E-state index is 11.9. The van der Waals surface area contributed by atoms with Crippen LogP contribution in [-0.4, -0.2) is 46.7 Å². The van der Waals surface area contributed by atoms with Gasteiger partial charge < -0.3 is 10.2 Å². The normalized spacial score (nSPS) is 11.8. The van der Waals surface area contributed by atoms with Gasteiger partial charge in [0, 0.05) is 13.6 Å². The molecule has 19 heavy (non-hydrogen) atoms. The van der Waals surface area contributed by atoms with Gasteiger partial charge in [0.1, 0.15) is 22.8 Å². The average molecular weight is 285 g/mol. The fourth-order valence-corrected chi connectivity index (χ4v) is 1.77. The van der Waals surface area contributed by atoms with Crippen molar-refractivity contribution < 1.29 is 9.59 Å². The fourth-order valence-electron chi connectivity index (χ4n) is 1.51. The van der Waals surface area contributed by atoms with Crippen LogP contribution in [0.25, 0.3) is 0 Å². The number of nitrogens with one attached hydrogen (secondary N) is 1. The first kappa shape index (κ1) is 15.4. The van der Waals surface area contributed by atoms with E-state index in [-0.39, 0.29) is 22.4 Å². The van der Waals surface area contributed by atoms with Crippen molar-refractivity contribution in [3.63, 3.8) is 0 Å². The summed E-state index contributed by atoms with van der Waals surface area (Å²) in [6, 6.07) is -0.506. The minimum Gasteiger partial charge on any atom is -0.358 e. The third-order valence-corrected chi connectivity index (χ3v) is 2.99. The standard InChI is InChI=1S/C12H17ClN4O2/c1-5-17(4)12(19)7(2)14-11-9(6-18)10(13)15-8(3)16-11/h6-7H,5H2,1-4H3,(H,14,15,16). The molecule has 0 aliphatic heterocycles. The fraction of sp³-hybridized carbons (Fsp3) is 0.500. The second-order valence-electron chi connectivity index (χ2n) is 4.16. The molecule has 0 fully saturated rings. The summed E-state index contributed by atoms with van der Waals surface area (Å²) in [6.07, 6.45) is 0.574. The lowest BCUT2D eigenvalue weighted by molar-refractivity contribution is -0.130. The Morgan fingerprint density at radius 3 is 2.68 bits per heavy atom. The van der Waals surface area contributed by atoms with Gasteiger partial charge in [0.25, 0.3) is 0 Å². The first-order valence-corrected chi connectivity index (χ1v) is 6.29. The molecule has 1 aromatic heterocycles. The number of aldehydes is 1. The van der Waals surface area contributed by atoms with E-state index in [9.17, 15) is 9.59 Å². The monoisotopic (exact) mass is 284 g/mol. The number of halogens is 1. The van der Waals surface area contributed by atoms with Gasteiger partial charge in [0.2, 0.25) is 5.91 Å². The molecular formula is C12H17ClN4O2. The summed E-state index contributed by atoms with van der Waals surface area (Å²) < 4.78 is 0. The zero-order valence-electron chi connectivity index (χ0n) is 11.4. The van der Waals surface area contributed by atoms with Crippen molar-refractivity contribution in [2.24, 2.45) is 0 Å². The number of carbonyl (C=O) groups is 2. The van der Waals surface area contributed by atoms with E-state index in [2.05, 4.69) is 15.3 Å². The molecule has 0 aromatic carbocycles. The third kappa shape index (κ3) is 3.64. The number of anilines is 1. The Labute approximate surface area is 117 Å². The number of hydrogen-bond acceptors (Lipinski definition) is 5. The molecule has 0 saturated carbocycles. The molecule has 0 radical (unpaired) electrons. The summed E-state index contributed by atoms with van der Waals surface area (Å²) in [5.41, 5.74) is 0.158. The van der Waals surface area contributed by atoms with Crippen LogP contribution in [0.5, 0.6) is 0 Å².